The Kier molecular flexibility index (Phi) is 5.97. The molecule has 0 atom stereocenters. The molecule has 3 rings (SSSR count). The summed E-state index contributed by atoms with van der Waals surface area (Å²) >= 11 is 2.10. The monoisotopic (exact) mass is 311 g/mol. The van der Waals surface area contributed by atoms with E-state index in [-0.39, 0.29) is 0 Å². The van der Waals surface area contributed by atoms with Gasteiger partial charge in [-0.1, -0.05) is 60.7 Å². The molecule has 1 heterocycles. The molecule has 0 aromatic heterocycles. The Bertz CT molecular complexity index is 495. The quantitative estimate of drug-likeness (QED) is 0.814. The summed E-state index contributed by atoms with van der Waals surface area (Å²) in [5.74, 6) is 2.17. The molecule has 1 aliphatic heterocycles. The first kappa shape index (κ1) is 15.6. The van der Waals surface area contributed by atoms with Gasteiger partial charge in [0.1, 0.15) is 0 Å². The predicted molar refractivity (Wildman–Crippen MR) is 97.4 cm³/mol. The van der Waals surface area contributed by atoms with E-state index >= 15 is 0 Å². The summed E-state index contributed by atoms with van der Waals surface area (Å²) in [6.45, 7) is 2.41. The van der Waals surface area contributed by atoms with Gasteiger partial charge in [0, 0.05) is 0 Å². The molecule has 1 nitrogen and oxygen atoms in total. The first-order chi connectivity index (χ1) is 10.9. The van der Waals surface area contributed by atoms with E-state index in [0.29, 0.717) is 5.25 Å². The van der Waals surface area contributed by atoms with Crippen molar-refractivity contribution in [3.8, 4) is 0 Å². The molecule has 0 unspecified atom stereocenters. The Balaban J connectivity index is 1.64. The van der Waals surface area contributed by atoms with Crippen molar-refractivity contribution in [1.82, 2.24) is 5.32 Å². The molecule has 0 aliphatic carbocycles. The van der Waals surface area contributed by atoms with E-state index in [2.05, 4.69) is 77.7 Å². The number of thioether (sulfide) groups is 1. The van der Waals surface area contributed by atoms with Crippen molar-refractivity contribution < 1.29 is 0 Å². The summed E-state index contributed by atoms with van der Waals surface area (Å²) in [5, 5.41) is 3.92. The van der Waals surface area contributed by atoms with E-state index in [1.54, 1.807) is 0 Å². The number of hydrogen-bond donors (Lipinski definition) is 1. The summed E-state index contributed by atoms with van der Waals surface area (Å²) in [7, 11) is 0. The molecule has 0 spiro atoms. The molecule has 0 radical (unpaired) electrons. The Morgan fingerprint density at radius 2 is 1.41 bits per heavy atom. The van der Waals surface area contributed by atoms with Crippen molar-refractivity contribution >= 4 is 11.8 Å². The second kappa shape index (κ2) is 8.40. The normalized spacial score (nSPS) is 16.0. The van der Waals surface area contributed by atoms with Crippen LogP contribution < -0.4 is 5.32 Å². The molecule has 0 bridgehead atoms. The number of piperidine rings is 1. The molecule has 1 N–H and O–H groups in total. The summed E-state index contributed by atoms with van der Waals surface area (Å²) < 4.78 is 0. The fourth-order valence-electron chi connectivity index (χ4n) is 3.16. The van der Waals surface area contributed by atoms with E-state index in [9.17, 15) is 0 Å². The highest BCUT2D eigenvalue weighted by molar-refractivity contribution is 7.99. The third-order valence-corrected chi connectivity index (χ3v) is 5.82. The molecule has 2 aromatic rings. The molecule has 2 aromatic carbocycles. The van der Waals surface area contributed by atoms with Gasteiger partial charge in [-0.2, -0.15) is 0 Å². The van der Waals surface area contributed by atoms with Gasteiger partial charge in [-0.25, -0.2) is 0 Å². The maximum absolute atomic E-state index is 3.46. The second-order valence-electron chi connectivity index (χ2n) is 6.05. The zero-order valence-corrected chi connectivity index (χ0v) is 13.9. The highest BCUT2D eigenvalue weighted by Crippen LogP contribution is 2.36. The van der Waals surface area contributed by atoms with Crippen molar-refractivity contribution in [3.63, 3.8) is 0 Å². The van der Waals surface area contributed by atoms with Crippen molar-refractivity contribution in [2.24, 2.45) is 5.92 Å². The average molecular weight is 311 g/mol. The summed E-state index contributed by atoms with van der Waals surface area (Å²) in [4.78, 5) is 0. The summed E-state index contributed by atoms with van der Waals surface area (Å²) in [6.07, 6.45) is 4.05. The van der Waals surface area contributed by atoms with Gasteiger partial charge in [0.15, 0.2) is 0 Å². The lowest BCUT2D eigenvalue weighted by molar-refractivity contribution is 0.367. The topological polar surface area (TPSA) is 12.0 Å². The van der Waals surface area contributed by atoms with Crippen LogP contribution in [0.25, 0.3) is 0 Å². The van der Waals surface area contributed by atoms with Gasteiger partial charge in [-0.05, 0) is 55.1 Å². The molecule has 22 heavy (non-hydrogen) atoms. The molecule has 0 amide bonds. The predicted octanol–water partition coefficient (Wildman–Crippen LogP) is 4.90. The van der Waals surface area contributed by atoms with Crippen molar-refractivity contribution in [2.75, 3.05) is 18.8 Å². The van der Waals surface area contributed by atoms with Crippen LogP contribution >= 0.6 is 11.8 Å². The van der Waals surface area contributed by atoms with Crippen molar-refractivity contribution in [3.05, 3.63) is 71.8 Å². The first-order valence-electron chi connectivity index (χ1n) is 8.35. The van der Waals surface area contributed by atoms with E-state index in [4.69, 9.17) is 0 Å². The van der Waals surface area contributed by atoms with Crippen molar-refractivity contribution in [2.45, 2.75) is 24.5 Å². The fourth-order valence-corrected chi connectivity index (χ4v) is 4.57. The zero-order chi connectivity index (χ0) is 15.0. The summed E-state index contributed by atoms with van der Waals surface area (Å²) in [6, 6.07) is 21.8. The molecule has 116 valence electrons. The van der Waals surface area contributed by atoms with Gasteiger partial charge in [0.2, 0.25) is 0 Å². The minimum atomic E-state index is 0.462. The SMILES string of the molecule is c1ccc(C(SCCC2CCNCC2)c2ccccc2)cc1. The van der Waals surface area contributed by atoms with Crippen LogP contribution in [0.15, 0.2) is 60.7 Å². The lowest BCUT2D eigenvalue weighted by Crippen LogP contribution is -2.27. The van der Waals surface area contributed by atoms with E-state index in [0.717, 1.165) is 5.92 Å². The highest BCUT2D eigenvalue weighted by atomic mass is 32.2. The first-order valence-corrected chi connectivity index (χ1v) is 9.40. The van der Waals surface area contributed by atoms with Gasteiger partial charge in [0.25, 0.3) is 0 Å². The van der Waals surface area contributed by atoms with Crippen LogP contribution in [0.4, 0.5) is 0 Å². The Morgan fingerprint density at radius 1 is 0.864 bits per heavy atom. The van der Waals surface area contributed by atoms with Crippen LogP contribution in [0.5, 0.6) is 0 Å². The number of benzene rings is 2. The van der Waals surface area contributed by atoms with Crippen LogP contribution in [0.1, 0.15) is 35.6 Å². The van der Waals surface area contributed by atoms with Crippen LogP contribution in [-0.2, 0) is 0 Å². The van der Waals surface area contributed by atoms with Gasteiger partial charge < -0.3 is 5.32 Å². The van der Waals surface area contributed by atoms with Crippen LogP contribution in [-0.4, -0.2) is 18.8 Å². The lowest BCUT2D eigenvalue weighted by atomic mass is 9.96. The molecule has 2 heteroatoms. The molecular weight excluding hydrogens is 286 g/mol. The van der Waals surface area contributed by atoms with Crippen LogP contribution in [0.3, 0.4) is 0 Å². The Hall–Kier alpha value is -1.25. The third kappa shape index (κ3) is 4.37. The number of nitrogens with one attached hydrogen (secondary N) is 1. The van der Waals surface area contributed by atoms with Gasteiger partial charge in [-0.3, -0.25) is 0 Å². The van der Waals surface area contributed by atoms with E-state index in [1.165, 1.54) is 49.2 Å². The van der Waals surface area contributed by atoms with Gasteiger partial charge in [-0.15, -0.1) is 11.8 Å². The molecule has 1 aliphatic rings. The maximum Gasteiger partial charge on any atom is 0.0546 e. The zero-order valence-electron chi connectivity index (χ0n) is 13.1. The second-order valence-corrected chi connectivity index (χ2v) is 7.27. The molecular formula is C20H25NS. The van der Waals surface area contributed by atoms with Gasteiger partial charge >= 0.3 is 0 Å². The fraction of sp³-hybridized carbons (Fsp3) is 0.400. The standard InChI is InChI=1S/C20H25NS/c1-3-7-18(8-4-1)20(19-9-5-2-6-10-19)22-16-13-17-11-14-21-15-12-17/h1-10,17,20-21H,11-16H2. The molecule has 1 fully saturated rings. The third-order valence-electron chi connectivity index (χ3n) is 4.47. The maximum atomic E-state index is 3.46. The Labute approximate surface area is 138 Å². The van der Waals surface area contributed by atoms with Crippen LogP contribution in [0, 0.1) is 5.92 Å². The van der Waals surface area contributed by atoms with Crippen molar-refractivity contribution in [1.29, 1.82) is 0 Å². The minimum absolute atomic E-state index is 0.462. The Morgan fingerprint density at radius 3 is 1.95 bits per heavy atom. The minimum Gasteiger partial charge on any atom is -0.317 e. The number of hydrogen-bond acceptors (Lipinski definition) is 2. The number of rotatable bonds is 6. The smallest absolute Gasteiger partial charge is 0.0546 e. The molecule has 0 saturated carbocycles. The largest absolute Gasteiger partial charge is 0.317 e. The highest BCUT2D eigenvalue weighted by Gasteiger charge is 2.17. The van der Waals surface area contributed by atoms with E-state index < -0.39 is 0 Å². The van der Waals surface area contributed by atoms with Crippen LogP contribution in [0.2, 0.25) is 0 Å². The van der Waals surface area contributed by atoms with E-state index in [1.807, 2.05) is 0 Å². The average Bonchev–Trinajstić information content (AvgIpc) is 2.61. The summed E-state index contributed by atoms with van der Waals surface area (Å²) in [5.41, 5.74) is 2.84. The lowest BCUT2D eigenvalue weighted by Gasteiger charge is -2.24. The van der Waals surface area contributed by atoms with Gasteiger partial charge in [0.05, 0.1) is 5.25 Å². The molecule has 1 saturated heterocycles.